The van der Waals surface area contributed by atoms with E-state index in [0.717, 1.165) is 12.5 Å². The summed E-state index contributed by atoms with van der Waals surface area (Å²) in [6.07, 6.45) is 11.2. The largest absolute Gasteiger partial charge is 0.373 e. The molecule has 1 aliphatic heterocycles. The molecule has 1 aromatic carbocycles. The van der Waals surface area contributed by atoms with Crippen molar-refractivity contribution in [2.75, 3.05) is 6.61 Å². The van der Waals surface area contributed by atoms with Gasteiger partial charge in [0.15, 0.2) is 0 Å². The Bertz CT molecular complexity index is 325. The van der Waals surface area contributed by atoms with Crippen molar-refractivity contribution in [3.8, 4) is 0 Å². The highest BCUT2D eigenvalue weighted by molar-refractivity contribution is 5.17. The van der Waals surface area contributed by atoms with Crippen LogP contribution in [0.15, 0.2) is 30.3 Å². The minimum absolute atomic E-state index is 0.345. The number of ether oxygens (including phenoxy) is 1. The summed E-state index contributed by atoms with van der Waals surface area (Å²) in [5, 5.41) is 0. The van der Waals surface area contributed by atoms with Gasteiger partial charge in [-0.15, -0.1) is 0 Å². The van der Waals surface area contributed by atoms with Crippen LogP contribution >= 0.6 is 0 Å². The monoisotopic (exact) mass is 260 g/mol. The third-order valence-corrected chi connectivity index (χ3v) is 4.26. The molecule has 1 saturated heterocycles. The van der Waals surface area contributed by atoms with Gasteiger partial charge in [0.1, 0.15) is 0 Å². The molecule has 1 nitrogen and oxygen atoms in total. The summed E-state index contributed by atoms with van der Waals surface area (Å²) in [5.74, 6) is 0.807. The van der Waals surface area contributed by atoms with Crippen LogP contribution in [0.2, 0.25) is 0 Å². The molecule has 1 aliphatic rings. The topological polar surface area (TPSA) is 9.23 Å². The summed E-state index contributed by atoms with van der Waals surface area (Å²) in [6.45, 7) is 3.24. The Morgan fingerprint density at radius 2 is 1.79 bits per heavy atom. The number of benzene rings is 1. The second kappa shape index (κ2) is 8.37. The van der Waals surface area contributed by atoms with Crippen molar-refractivity contribution in [3.05, 3.63) is 35.9 Å². The van der Waals surface area contributed by atoms with Gasteiger partial charge in [0.2, 0.25) is 0 Å². The Hall–Kier alpha value is -0.820. The van der Waals surface area contributed by atoms with E-state index in [9.17, 15) is 0 Å². The Kier molecular flexibility index (Phi) is 6.43. The predicted molar refractivity (Wildman–Crippen MR) is 81.2 cm³/mol. The number of hydrogen-bond acceptors (Lipinski definition) is 1. The molecular weight excluding hydrogens is 232 g/mol. The molecule has 0 bridgehead atoms. The fourth-order valence-corrected chi connectivity index (χ4v) is 3.00. The lowest BCUT2D eigenvalue weighted by molar-refractivity contribution is -0.0199. The predicted octanol–water partition coefficient (Wildman–Crippen LogP) is 5.51. The molecule has 0 saturated carbocycles. The third-order valence-electron chi connectivity index (χ3n) is 4.26. The molecule has 2 rings (SSSR count). The van der Waals surface area contributed by atoms with Gasteiger partial charge in [-0.2, -0.15) is 0 Å². The van der Waals surface area contributed by atoms with Crippen LogP contribution in [0, 0.1) is 5.92 Å². The summed E-state index contributed by atoms with van der Waals surface area (Å²) >= 11 is 0. The van der Waals surface area contributed by atoms with E-state index in [2.05, 4.69) is 37.3 Å². The van der Waals surface area contributed by atoms with Gasteiger partial charge in [0.25, 0.3) is 0 Å². The van der Waals surface area contributed by atoms with Crippen LogP contribution < -0.4 is 0 Å². The third kappa shape index (κ3) is 4.99. The highest BCUT2D eigenvalue weighted by Crippen LogP contribution is 2.32. The maximum atomic E-state index is 6.05. The summed E-state index contributed by atoms with van der Waals surface area (Å²) < 4.78 is 6.05. The molecular formula is C18H28O. The van der Waals surface area contributed by atoms with Crippen LogP contribution in [-0.4, -0.2) is 6.61 Å². The van der Waals surface area contributed by atoms with E-state index in [-0.39, 0.29) is 0 Å². The van der Waals surface area contributed by atoms with E-state index in [1.807, 2.05) is 0 Å². The van der Waals surface area contributed by atoms with Crippen molar-refractivity contribution >= 4 is 0 Å². The van der Waals surface area contributed by atoms with Crippen molar-refractivity contribution in [1.29, 1.82) is 0 Å². The Balaban J connectivity index is 1.63. The van der Waals surface area contributed by atoms with Gasteiger partial charge in [-0.05, 0) is 30.7 Å². The normalized spacial score (nSPS) is 23.4. The average Bonchev–Trinajstić information content (AvgIpc) is 2.49. The second-order valence-corrected chi connectivity index (χ2v) is 5.88. The fraction of sp³-hybridized carbons (Fsp3) is 0.667. The van der Waals surface area contributed by atoms with E-state index < -0.39 is 0 Å². The molecule has 1 fully saturated rings. The highest BCUT2D eigenvalue weighted by atomic mass is 16.5. The molecule has 0 radical (unpaired) electrons. The fourth-order valence-electron chi connectivity index (χ4n) is 3.00. The van der Waals surface area contributed by atoms with Crippen LogP contribution in [0.1, 0.15) is 70.0 Å². The highest BCUT2D eigenvalue weighted by Gasteiger charge is 2.22. The first kappa shape index (κ1) is 14.6. The summed E-state index contributed by atoms with van der Waals surface area (Å²) in [5.41, 5.74) is 1.35. The summed E-state index contributed by atoms with van der Waals surface area (Å²) in [6, 6.07) is 10.7. The molecule has 0 N–H and O–H groups in total. The Morgan fingerprint density at radius 1 is 1.00 bits per heavy atom. The van der Waals surface area contributed by atoms with Crippen LogP contribution in [0.4, 0.5) is 0 Å². The second-order valence-electron chi connectivity index (χ2n) is 5.88. The molecule has 1 aromatic rings. The van der Waals surface area contributed by atoms with Crippen LogP contribution in [-0.2, 0) is 4.74 Å². The average molecular weight is 260 g/mol. The molecule has 19 heavy (non-hydrogen) atoms. The number of rotatable bonds is 7. The first-order valence-electron chi connectivity index (χ1n) is 8.06. The van der Waals surface area contributed by atoms with Crippen molar-refractivity contribution in [2.45, 2.75) is 64.4 Å². The van der Waals surface area contributed by atoms with Crippen molar-refractivity contribution < 1.29 is 4.74 Å². The first-order valence-corrected chi connectivity index (χ1v) is 8.06. The van der Waals surface area contributed by atoms with Gasteiger partial charge in [0.05, 0.1) is 12.7 Å². The maximum absolute atomic E-state index is 6.05. The minimum atomic E-state index is 0.345. The van der Waals surface area contributed by atoms with Crippen molar-refractivity contribution in [2.24, 2.45) is 5.92 Å². The van der Waals surface area contributed by atoms with E-state index in [4.69, 9.17) is 4.74 Å². The zero-order chi connectivity index (χ0) is 13.3. The molecule has 2 unspecified atom stereocenters. The molecule has 1 heterocycles. The Labute approximate surface area is 118 Å². The lowest BCUT2D eigenvalue weighted by atomic mass is 9.91. The minimum Gasteiger partial charge on any atom is -0.373 e. The lowest BCUT2D eigenvalue weighted by Crippen LogP contribution is -2.20. The number of hydrogen-bond donors (Lipinski definition) is 0. The molecule has 0 amide bonds. The van der Waals surface area contributed by atoms with Crippen LogP contribution in [0.3, 0.4) is 0 Å². The molecule has 0 aromatic heterocycles. The van der Waals surface area contributed by atoms with Crippen LogP contribution in [0.5, 0.6) is 0 Å². The van der Waals surface area contributed by atoms with Gasteiger partial charge in [-0.3, -0.25) is 0 Å². The van der Waals surface area contributed by atoms with Crippen molar-refractivity contribution in [1.82, 2.24) is 0 Å². The Morgan fingerprint density at radius 3 is 2.47 bits per heavy atom. The molecule has 0 aliphatic carbocycles. The SMILES string of the molecule is CCCCCCCC1CCC(c2ccccc2)OC1. The zero-order valence-corrected chi connectivity index (χ0v) is 12.3. The van der Waals surface area contributed by atoms with Gasteiger partial charge in [-0.1, -0.05) is 69.4 Å². The smallest absolute Gasteiger partial charge is 0.0825 e. The maximum Gasteiger partial charge on any atom is 0.0825 e. The quantitative estimate of drug-likeness (QED) is 0.587. The standard InChI is InChI=1S/C18H28O/c1-2-3-4-5-7-10-16-13-14-18(19-15-16)17-11-8-6-9-12-17/h6,8-9,11-12,16,18H,2-5,7,10,13-15H2,1H3. The van der Waals surface area contributed by atoms with Gasteiger partial charge < -0.3 is 4.74 Å². The van der Waals surface area contributed by atoms with Gasteiger partial charge >= 0.3 is 0 Å². The molecule has 2 atom stereocenters. The van der Waals surface area contributed by atoms with E-state index >= 15 is 0 Å². The molecule has 0 spiro atoms. The van der Waals surface area contributed by atoms with Crippen molar-refractivity contribution in [3.63, 3.8) is 0 Å². The zero-order valence-electron chi connectivity index (χ0n) is 12.3. The lowest BCUT2D eigenvalue weighted by Gasteiger charge is -2.29. The van der Waals surface area contributed by atoms with E-state index in [0.29, 0.717) is 6.10 Å². The van der Waals surface area contributed by atoms with E-state index in [1.165, 1.54) is 56.9 Å². The summed E-state index contributed by atoms with van der Waals surface area (Å²) in [7, 11) is 0. The first-order chi connectivity index (χ1) is 9.40. The number of unbranched alkanes of at least 4 members (excludes halogenated alkanes) is 4. The van der Waals surface area contributed by atoms with Crippen LogP contribution in [0.25, 0.3) is 0 Å². The molecule has 106 valence electrons. The van der Waals surface area contributed by atoms with Gasteiger partial charge in [0, 0.05) is 0 Å². The van der Waals surface area contributed by atoms with E-state index in [1.54, 1.807) is 0 Å². The molecule has 1 heteroatoms. The summed E-state index contributed by atoms with van der Waals surface area (Å²) in [4.78, 5) is 0. The van der Waals surface area contributed by atoms with Gasteiger partial charge in [-0.25, -0.2) is 0 Å².